The predicted molar refractivity (Wildman–Crippen MR) is 51.3 cm³/mol. The molecule has 2 N–H and O–H groups in total. The van der Waals surface area contributed by atoms with Crippen LogP contribution in [0.15, 0.2) is 0 Å². The van der Waals surface area contributed by atoms with Crippen molar-refractivity contribution in [1.29, 1.82) is 0 Å². The summed E-state index contributed by atoms with van der Waals surface area (Å²) in [4.78, 5) is 10.7. The van der Waals surface area contributed by atoms with E-state index in [-0.39, 0.29) is 11.7 Å². The summed E-state index contributed by atoms with van der Waals surface area (Å²) >= 11 is 0. The molecule has 5 nitrogen and oxygen atoms in total. The van der Waals surface area contributed by atoms with Gasteiger partial charge in [0.05, 0.1) is 5.75 Å². The molecular weight excluding hydrogens is 192 g/mol. The Hall–Kier alpha value is -0.620. The molecule has 78 valence electrons. The fourth-order valence-electron chi connectivity index (χ4n) is 0.709. The van der Waals surface area contributed by atoms with Crippen molar-refractivity contribution in [3.05, 3.63) is 0 Å². The minimum Gasteiger partial charge on any atom is -0.359 e. The quantitative estimate of drug-likeness (QED) is 0.535. The van der Waals surface area contributed by atoms with Gasteiger partial charge >= 0.3 is 0 Å². The Morgan fingerprint density at radius 1 is 1.31 bits per heavy atom. The molecule has 0 saturated heterocycles. The van der Waals surface area contributed by atoms with Crippen molar-refractivity contribution in [2.45, 2.75) is 6.42 Å². The van der Waals surface area contributed by atoms with Gasteiger partial charge in [-0.25, -0.2) is 8.42 Å². The lowest BCUT2D eigenvalue weighted by molar-refractivity contribution is -0.120. The smallest absolute Gasteiger partial charge is 0.221 e. The first-order valence-electron chi connectivity index (χ1n) is 4.05. The van der Waals surface area contributed by atoms with Crippen LogP contribution in [-0.4, -0.2) is 46.5 Å². The first kappa shape index (κ1) is 12.4. The molecule has 13 heavy (non-hydrogen) atoms. The van der Waals surface area contributed by atoms with Crippen LogP contribution in [0.4, 0.5) is 0 Å². The maximum atomic E-state index is 10.7. The van der Waals surface area contributed by atoms with Crippen molar-refractivity contribution < 1.29 is 13.2 Å². The average Bonchev–Trinajstić information content (AvgIpc) is 2.01. The van der Waals surface area contributed by atoms with Crippen LogP contribution in [0.25, 0.3) is 0 Å². The second kappa shape index (κ2) is 5.93. The van der Waals surface area contributed by atoms with E-state index in [1.165, 1.54) is 6.26 Å². The Bertz CT molecular complexity index is 248. The van der Waals surface area contributed by atoms with Gasteiger partial charge in [-0.2, -0.15) is 0 Å². The van der Waals surface area contributed by atoms with Gasteiger partial charge in [0.1, 0.15) is 9.84 Å². The fourth-order valence-corrected chi connectivity index (χ4v) is 1.22. The van der Waals surface area contributed by atoms with E-state index < -0.39 is 9.84 Å². The van der Waals surface area contributed by atoms with Crippen LogP contribution in [0, 0.1) is 0 Å². The summed E-state index contributed by atoms with van der Waals surface area (Å²) in [5.41, 5.74) is 0. The zero-order valence-corrected chi connectivity index (χ0v) is 8.78. The van der Waals surface area contributed by atoms with Crippen LogP contribution in [0.1, 0.15) is 6.42 Å². The molecule has 0 radical (unpaired) electrons. The Morgan fingerprint density at radius 3 is 2.38 bits per heavy atom. The van der Waals surface area contributed by atoms with Gasteiger partial charge in [0.15, 0.2) is 0 Å². The Kier molecular flexibility index (Phi) is 5.65. The molecule has 0 fully saturated rings. The number of hydrogen-bond donors (Lipinski definition) is 2. The second-order valence-corrected chi connectivity index (χ2v) is 5.06. The lowest BCUT2D eigenvalue weighted by Crippen LogP contribution is -2.27. The van der Waals surface area contributed by atoms with Gasteiger partial charge in [0.25, 0.3) is 0 Å². The molecule has 0 aliphatic rings. The highest BCUT2D eigenvalue weighted by atomic mass is 32.2. The Morgan fingerprint density at radius 2 is 1.92 bits per heavy atom. The lowest BCUT2D eigenvalue weighted by Gasteiger charge is -2.02. The number of rotatable bonds is 6. The van der Waals surface area contributed by atoms with E-state index in [4.69, 9.17) is 0 Å². The molecule has 0 aromatic carbocycles. The molecule has 0 atom stereocenters. The standard InChI is InChI=1S/C7H16N2O3S/c1-8-7(10)3-4-9-5-6-13(2,11)12/h9H,3-6H2,1-2H3,(H,8,10). The topological polar surface area (TPSA) is 75.3 Å². The van der Waals surface area contributed by atoms with E-state index in [1.54, 1.807) is 7.05 Å². The molecule has 6 heteroatoms. The number of hydrogen-bond acceptors (Lipinski definition) is 4. The number of sulfone groups is 1. The number of amides is 1. The molecule has 0 spiro atoms. The van der Waals surface area contributed by atoms with Gasteiger partial charge in [-0.1, -0.05) is 0 Å². The molecular formula is C7H16N2O3S. The predicted octanol–water partition coefficient (Wildman–Crippen LogP) is -1.24. The average molecular weight is 208 g/mol. The van der Waals surface area contributed by atoms with E-state index in [0.717, 1.165) is 0 Å². The third-order valence-corrected chi connectivity index (χ3v) is 2.40. The summed E-state index contributed by atoms with van der Waals surface area (Å²) in [7, 11) is -1.33. The van der Waals surface area contributed by atoms with Crippen molar-refractivity contribution in [2.75, 3.05) is 32.1 Å². The number of carbonyl (C=O) groups is 1. The highest BCUT2D eigenvalue weighted by molar-refractivity contribution is 7.90. The monoisotopic (exact) mass is 208 g/mol. The highest BCUT2D eigenvalue weighted by Crippen LogP contribution is 1.80. The molecule has 0 unspecified atom stereocenters. The summed E-state index contributed by atoms with van der Waals surface area (Å²) in [5.74, 6) is 0.0626. The van der Waals surface area contributed by atoms with Gasteiger partial charge in [-0.3, -0.25) is 4.79 Å². The van der Waals surface area contributed by atoms with Crippen LogP contribution >= 0.6 is 0 Å². The lowest BCUT2D eigenvalue weighted by atomic mass is 10.4. The molecule has 0 bridgehead atoms. The molecule has 0 rings (SSSR count). The van der Waals surface area contributed by atoms with Gasteiger partial charge in [0.2, 0.25) is 5.91 Å². The van der Waals surface area contributed by atoms with Crippen LogP contribution in [-0.2, 0) is 14.6 Å². The summed E-state index contributed by atoms with van der Waals surface area (Å²) in [6.07, 6.45) is 1.56. The van der Waals surface area contributed by atoms with Crippen molar-refractivity contribution in [1.82, 2.24) is 10.6 Å². The summed E-state index contributed by atoms with van der Waals surface area (Å²) in [6.45, 7) is 0.908. The largest absolute Gasteiger partial charge is 0.359 e. The fraction of sp³-hybridized carbons (Fsp3) is 0.857. The van der Waals surface area contributed by atoms with Gasteiger partial charge in [0, 0.05) is 32.8 Å². The van der Waals surface area contributed by atoms with Gasteiger partial charge in [-0.05, 0) is 0 Å². The van der Waals surface area contributed by atoms with Gasteiger partial charge < -0.3 is 10.6 Å². The van der Waals surface area contributed by atoms with Gasteiger partial charge in [-0.15, -0.1) is 0 Å². The van der Waals surface area contributed by atoms with Crippen molar-refractivity contribution in [3.8, 4) is 0 Å². The van der Waals surface area contributed by atoms with E-state index in [2.05, 4.69) is 10.6 Å². The Labute approximate surface area is 78.8 Å². The van der Waals surface area contributed by atoms with E-state index >= 15 is 0 Å². The minimum atomic E-state index is -2.89. The third-order valence-electron chi connectivity index (χ3n) is 1.46. The minimum absolute atomic E-state index is 0.0492. The summed E-state index contributed by atoms with van der Waals surface area (Å²) in [6, 6.07) is 0. The first-order chi connectivity index (χ1) is 5.95. The molecule has 0 heterocycles. The zero-order valence-electron chi connectivity index (χ0n) is 7.96. The SMILES string of the molecule is CNC(=O)CCNCCS(C)(=O)=O. The summed E-state index contributed by atoms with van der Waals surface area (Å²) in [5, 5.41) is 5.34. The van der Waals surface area contributed by atoms with Crippen molar-refractivity contribution in [2.24, 2.45) is 0 Å². The van der Waals surface area contributed by atoms with E-state index in [9.17, 15) is 13.2 Å². The molecule has 1 amide bonds. The van der Waals surface area contributed by atoms with Crippen LogP contribution in [0.5, 0.6) is 0 Å². The molecule has 0 aromatic rings. The van der Waals surface area contributed by atoms with Crippen LogP contribution in [0.3, 0.4) is 0 Å². The van der Waals surface area contributed by atoms with Crippen molar-refractivity contribution >= 4 is 15.7 Å². The van der Waals surface area contributed by atoms with E-state index in [0.29, 0.717) is 19.5 Å². The molecule has 0 aliphatic carbocycles. The number of nitrogens with one attached hydrogen (secondary N) is 2. The third kappa shape index (κ3) is 9.29. The molecule has 0 aliphatic heterocycles. The molecule has 0 saturated carbocycles. The zero-order chi connectivity index (χ0) is 10.3. The maximum absolute atomic E-state index is 10.7. The first-order valence-corrected chi connectivity index (χ1v) is 6.11. The summed E-state index contributed by atoms with van der Waals surface area (Å²) < 4.78 is 21.3. The normalized spacial score (nSPS) is 11.2. The van der Waals surface area contributed by atoms with E-state index in [1.807, 2.05) is 0 Å². The number of carbonyl (C=O) groups excluding carboxylic acids is 1. The molecule has 0 aromatic heterocycles. The highest BCUT2D eigenvalue weighted by Gasteiger charge is 2.01. The second-order valence-electron chi connectivity index (χ2n) is 2.80. The van der Waals surface area contributed by atoms with Crippen molar-refractivity contribution in [3.63, 3.8) is 0 Å². The Balaban J connectivity index is 3.33. The van der Waals surface area contributed by atoms with Crippen LogP contribution < -0.4 is 10.6 Å². The maximum Gasteiger partial charge on any atom is 0.221 e. The van der Waals surface area contributed by atoms with Crippen LogP contribution in [0.2, 0.25) is 0 Å².